The number of ether oxygens (including phenoxy) is 1. The number of carbonyl (C=O) groups excluding carboxylic acids is 3. The van der Waals surface area contributed by atoms with E-state index in [1.54, 1.807) is 12.1 Å². The van der Waals surface area contributed by atoms with Crippen molar-refractivity contribution < 1.29 is 19.1 Å². The molecule has 1 aliphatic heterocycles. The van der Waals surface area contributed by atoms with Gasteiger partial charge >= 0.3 is 0 Å². The summed E-state index contributed by atoms with van der Waals surface area (Å²) in [7, 11) is 0. The molecule has 3 amide bonds. The molecule has 1 aliphatic rings. The molecule has 188 valence electrons. The van der Waals surface area contributed by atoms with Gasteiger partial charge in [-0.2, -0.15) is 0 Å². The van der Waals surface area contributed by atoms with Crippen LogP contribution in [0.25, 0.3) is 0 Å². The Bertz CT molecular complexity index is 1190. The maximum absolute atomic E-state index is 13.7. The second kappa shape index (κ2) is 12.0. The zero-order valence-corrected chi connectivity index (χ0v) is 21.3. The van der Waals surface area contributed by atoms with Crippen LogP contribution >= 0.6 is 11.3 Å². The van der Waals surface area contributed by atoms with Gasteiger partial charge in [0.05, 0.1) is 17.5 Å². The lowest BCUT2D eigenvalue weighted by Gasteiger charge is -2.33. The van der Waals surface area contributed by atoms with E-state index in [4.69, 9.17) is 4.74 Å². The van der Waals surface area contributed by atoms with Crippen molar-refractivity contribution in [3.63, 3.8) is 0 Å². The molecule has 36 heavy (non-hydrogen) atoms. The first-order chi connectivity index (χ1) is 17.4. The van der Waals surface area contributed by atoms with Gasteiger partial charge in [0.1, 0.15) is 6.04 Å². The summed E-state index contributed by atoms with van der Waals surface area (Å²) in [4.78, 5) is 42.0. The van der Waals surface area contributed by atoms with Crippen LogP contribution in [0.2, 0.25) is 0 Å². The van der Waals surface area contributed by atoms with Gasteiger partial charge in [-0.1, -0.05) is 54.1 Å². The fourth-order valence-electron chi connectivity index (χ4n) is 4.40. The highest BCUT2D eigenvalue weighted by molar-refractivity contribution is 7.12. The summed E-state index contributed by atoms with van der Waals surface area (Å²) < 4.78 is 5.67. The van der Waals surface area contributed by atoms with E-state index in [-0.39, 0.29) is 30.4 Å². The summed E-state index contributed by atoms with van der Waals surface area (Å²) in [6.07, 6.45) is 1.84. The molecule has 0 bridgehead atoms. The van der Waals surface area contributed by atoms with E-state index in [0.717, 1.165) is 24.0 Å². The molecule has 2 N–H and O–H groups in total. The number of nitrogens with zero attached hydrogens (tertiary/aromatic N) is 1. The molecule has 4 rings (SSSR count). The summed E-state index contributed by atoms with van der Waals surface area (Å²) in [6.45, 7) is 4.73. The molecule has 0 unspecified atom stereocenters. The topological polar surface area (TPSA) is 87.7 Å². The van der Waals surface area contributed by atoms with Crippen molar-refractivity contribution in [1.82, 2.24) is 10.6 Å². The van der Waals surface area contributed by atoms with Crippen molar-refractivity contribution in [1.29, 1.82) is 0 Å². The highest BCUT2D eigenvalue weighted by Crippen LogP contribution is 2.31. The number of hydrogen-bond acceptors (Lipinski definition) is 5. The first-order valence-electron chi connectivity index (χ1n) is 12.1. The van der Waals surface area contributed by atoms with Crippen LogP contribution in [0.15, 0.2) is 66.0 Å². The second-order valence-corrected chi connectivity index (χ2v) is 9.85. The molecular formula is C28H31N3O4S. The van der Waals surface area contributed by atoms with Gasteiger partial charge in [0.2, 0.25) is 11.8 Å². The highest BCUT2D eigenvalue weighted by Gasteiger charge is 2.34. The molecule has 1 aromatic heterocycles. The molecular weight excluding hydrogens is 474 g/mol. The number of rotatable bonds is 9. The summed E-state index contributed by atoms with van der Waals surface area (Å²) >= 11 is 1.31. The molecule has 2 heterocycles. The van der Waals surface area contributed by atoms with Crippen molar-refractivity contribution in [3.05, 3.63) is 87.6 Å². The monoisotopic (exact) mass is 505 g/mol. The van der Waals surface area contributed by atoms with Gasteiger partial charge in [0, 0.05) is 18.8 Å². The van der Waals surface area contributed by atoms with E-state index in [9.17, 15) is 14.4 Å². The predicted molar refractivity (Wildman–Crippen MR) is 141 cm³/mol. The van der Waals surface area contributed by atoms with Gasteiger partial charge in [-0.15, -0.1) is 11.3 Å². The van der Waals surface area contributed by atoms with E-state index in [0.29, 0.717) is 29.3 Å². The van der Waals surface area contributed by atoms with Crippen LogP contribution in [0.4, 0.5) is 5.69 Å². The smallest absolute Gasteiger partial charge is 0.261 e. The molecule has 0 saturated carbocycles. The third kappa shape index (κ3) is 6.19. The van der Waals surface area contributed by atoms with Crippen LogP contribution in [0.1, 0.15) is 45.2 Å². The summed E-state index contributed by atoms with van der Waals surface area (Å²) in [5.74, 6) is -0.999. The second-order valence-electron chi connectivity index (χ2n) is 8.91. The third-order valence-corrected chi connectivity index (χ3v) is 7.04. The first-order valence-corrected chi connectivity index (χ1v) is 13.0. The standard InChI is InChI=1S/C28H31N3O4S/c1-19-12-13-23(20(2)16-19)31(25(32)18-30-27(33)24-11-7-15-36-24)26(21-8-4-3-5-9-21)28(34)29-17-22-10-6-14-35-22/h3-5,7-9,11-13,15-16,22,26H,6,10,14,17-18H2,1-2H3,(H,29,34)(H,30,33)/t22-,26-/m1/s1. The van der Waals surface area contributed by atoms with Crippen LogP contribution in [-0.4, -0.2) is 43.5 Å². The van der Waals surface area contributed by atoms with Gasteiger partial charge in [-0.05, 0) is 55.3 Å². The Morgan fingerprint density at radius 1 is 1.06 bits per heavy atom. The Labute approximate surface area is 215 Å². The van der Waals surface area contributed by atoms with Crippen molar-refractivity contribution in [2.75, 3.05) is 24.6 Å². The molecule has 2 atom stereocenters. The Hall–Kier alpha value is -3.49. The van der Waals surface area contributed by atoms with Gasteiger partial charge < -0.3 is 15.4 Å². The average molecular weight is 506 g/mol. The molecule has 2 aromatic carbocycles. The number of hydrogen-bond donors (Lipinski definition) is 2. The largest absolute Gasteiger partial charge is 0.376 e. The molecule has 0 radical (unpaired) electrons. The van der Waals surface area contributed by atoms with Gasteiger partial charge in [-0.3, -0.25) is 19.3 Å². The fourth-order valence-corrected chi connectivity index (χ4v) is 5.04. The van der Waals surface area contributed by atoms with E-state index in [1.165, 1.54) is 16.2 Å². The van der Waals surface area contributed by atoms with E-state index >= 15 is 0 Å². The van der Waals surface area contributed by atoms with Crippen LogP contribution < -0.4 is 15.5 Å². The minimum absolute atomic E-state index is 0.0271. The third-order valence-electron chi connectivity index (χ3n) is 6.18. The van der Waals surface area contributed by atoms with E-state index < -0.39 is 6.04 Å². The number of carbonyl (C=O) groups is 3. The Morgan fingerprint density at radius 3 is 2.53 bits per heavy atom. The maximum atomic E-state index is 13.7. The normalized spacial score (nSPS) is 15.8. The lowest BCUT2D eigenvalue weighted by Crippen LogP contribution is -2.48. The van der Waals surface area contributed by atoms with Gasteiger partial charge in [-0.25, -0.2) is 0 Å². The van der Waals surface area contributed by atoms with Crippen molar-refractivity contribution in [2.24, 2.45) is 0 Å². The SMILES string of the molecule is Cc1ccc(N(C(=O)CNC(=O)c2cccs2)[C@@H](C(=O)NC[C@H]2CCCO2)c2ccccc2)c(C)c1. The van der Waals surface area contributed by atoms with Crippen LogP contribution in [0.3, 0.4) is 0 Å². The van der Waals surface area contributed by atoms with Crippen molar-refractivity contribution in [3.8, 4) is 0 Å². The molecule has 0 aliphatic carbocycles. The van der Waals surface area contributed by atoms with Gasteiger partial charge in [0.15, 0.2) is 0 Å². The number of anilines is 1. The number of amides is 3. The van der Waals surface area contributed by atoms with Crippen molar-refractivity contribution >= 4 is 34.7 Å². The lowest BCUT2D eigenvalue weighted by molar-refractivity contribution is -0.126. The Kier molecular flexibility index (Phi) is 8.51. The number of thiophene rings is 1. The molecule has 3 aromatic rings. The van der Waals surface area contributed by atoms with E-state index in [2.05, 4.69) is 10.6 Å². The molecule has 1 fully saturated rings. The number of aryl methyl sites for hydroxylation is 2. The van der Waals surface area contributed by atoms with Crippen LogP contribution in [-0.2, 0) is 14.3 Å². The quantitative estimate of drug-likeness (QED) is 0.457. The Morgan fingerprint density at radius 2 is 1.86 bits per heavy atom. The predicted octanol–water partition coefficient (Wildman–Crippen LogP) is 4.16. The lowest BCUT2D eigenvalue weighted by atomic mass is 10.0. The van der Waals surface area contributed by atoms with Crippen molar-refractivity contribution in [2.45, 2.75) is 38.8 Å². The molecule has 0 spiro atoms. The maximum Gasteiger partial charge on any atom is 0.261 e. The van der Waals surface area contributed by atoms with Gasteiger partial charge in [0.25, 0.3) is 5.91 Å². The summed E-state index contributed by atoms with van der Waals surface area (Å²) in [5.41, 5.74) is 3.21. The Balaban J connectivity index is 1.66. The number of benzene rings is 2. The minimum Gasteiger partial charge on any atom is -0.376 e. The summed E-state index contributed by atoms with van der Waals surface area (Å²) in [5, 5.41) is 7.53. The van der Waals surface area contributed by atoms with Crippen LogP contribution in [0, 0.1) is 13.8 Å². The zero-order valence-electron chi connectivity index (χ0n) is 20.5. The fraction of sp³-hybridized carbons (Fsp3) is 0.321. The average Bonchev–Trinajstić information content (AvgIpc) is 3.60. The summed E-state index contributed by atoms with van der Waals surface area (Å²) in [6, 6.07) is 17.6. The highest BCUT2D eigenvalue weighted by atomic mass is 32.1. The van der Waals surface area contributed by atoms with E-state index in [1.807, 2.05) is 67.8 Å². The molecule has 7 nitrogen and oxygen atoms in total. The zero-order chi connectivity index (χ0) is 25.5. The first kappa shape index (κ1) is 25.6. The number of nitrogens with one attached hydrogen (secondary N) is 2. The minimum atomic E-state index is -0.917. The van der Waals surface area contributed by atoms with Crippen LogP contribution in [0.5, 0.6) is 0 Å². The molecule has 8 heteroatoms. The molecule has 1 saturated heterocycles.